The Morgan fingerprint density at radius 3 is 2.48 bits per heavy atom. The molecule has 1 aromatic heterocycles. The van der Waals surface area contributed by atoms with E-state index >= 15 is 0 Å². The lowest BCUT2D eigenvalue weighted by molar-refractivity contribution is -0.156. The summed E-state index contributed by atoms with van der Waals surface area (Å²) < 4.78 is 22.5. The standard InChI is InChI=1S/C19H23BrO5/c1-4-22-16(19(21)23-5-2)11-14-6-8-15(9-7-14)24-12-17-13(3)10-18(20)25-17/h6-10,16H,4-5,11-12H2,1-3H3. The number of carbonyl (C=O) groups is 1. The van der Waals surface area contributed by atoms with Crippen LogP contribution in [-0.2, 0) is 27.3 Å². The summed E-state index contributed by atoms with van der Waals surface area (Å²) in [6.07, 6.45) is -0.114. The monoisotopic (exact) mass is 410 g/mol. The molecule has 0 aliphatic carbocycles. The van der Waals surface area contributed by atoms with Gasteiger partial charge in [-0.1, -0.05) is 12.1 Å². The molecule has 0 N–H and O–H groups in total. The van der Waals surface area contributed by atoms with Crippen LogP contribution in [0.5, 0.6) is 5.75 Å². The van der Waals surface area contributed by atoms with E-state index < -0.39 is 6.10 Å². The molecule has 0 radical (unpaired) electrons. The summed E-state index contributed by atoms with van der Waals surface area (Å²) in [6, 6.07) is 9.50. The molecule has 0 bridgehead atoms. The molecule has 0 aliphatic heterocycles. The van der Waals surface area contributed by atoms with E-state index in [0.717, 1.165) is 22.6 Å². The highest BCUT2D eigenvalue weighted by Gasteiger charge is 2.20. The molecule has 2 aromatic rings. The Hall–Kier alpha value is -1.79. The molecule has 1 unspecified atom stereocenters. The van der Waals surface area contributed by atoms with Crippen molar-refractivity contribution in [3.63, 3.8) is 0 Å². The molecule has 0 saturated carbocycles. The Kier molecular flexibility index (Phi) is 7.52. The molecule has 5 nitrogen and oxygen atoms in total. The molecule has 25 heavy (non-hydrogen) atoms. The van der Waals surface area contributed by atoms with E-state index in [4.69, 9.17) is 18.6 Å². The summed E-state index contributed by atoms with van der Waals surface area (Å²) in [7, 11) is 0. The first-order valence-corrected chi connectivity index (χ1v) is 9.07. The van der Waals surface area contributed by atoms with E-state index in [-0.39, 0.29) is 5.97 Å². The van der Waals surface area contributed by atoms with Gasteiger partial charge in [0.15, 0.2) is 10.8 Å². The second kappa shape index (κ2) is 9.63. The molecule has 2 rings (SSSR count). The smallest absolute Gasteiger partial charge is 0.335 e. The zero-order valence-corrected chi connectivity index (χ0v) is 16.3. The molecule has 1 atom stereocenters. The Morgan fingerprint density at radius 2 is 1.92 bits per heavy atom. The van der Waals surface area contributed by atoms with Crippen molar-refractivity contribution in [1.82, 2.24) is 0 Å². The summed E-state index contributed by atoms with van der Waals surface area (Å²) in [6.45, 7) is 6.78. The SMILES string of the molecule is CCOC(=O)C(Cc1ccc(OCc2oc(Br)cc2C)cc1)OCC. The Morgan fingerprint density at radius 1 is 1.20 bits per heavy atom. The molecule has 1 heterocycles. The molecular weight excluding hydrogens is 388 g/mol. The van der Waals surface area contributed by atoms with Gasteiger partial charge >= 0.3 is 5.97 Å². The highest BCUT2D eigenvalue weighted by Crippen LogP contribution is 2.22. The third kappa shape index (κ3) is 5.90. The minimum atomic E-state index is -0.583. The van der Waals surface area contributed by atoms with Gasteiger partial charge in [-0.2, -0.15) is 0 Å². The van der Waals surface area contributed by atoms with Crippen LogP contribution in [0.3, 0.4) is 0 Å². The van der Waals surface area contributed by atoms with Crippen molar-refractivity contribution in [2.24, 2.45) is 0 Å². The van der Waals surface area contributed by atoms with Gasteiger partial charge in [0.2, 0.25) is 0 Å². The van der Waals surface area contributed by atoms with Gasteiger partial charge in [0.05, 0.1) is 6.61 Å². The molecule has 136 valence electrons. The summed E-state index contributed by atoms with van der Waals surface area (Å²) in [5.74, 6) is 1.19. The fourth-order valence-electron chi connectivity index (χ4n) is 2.35. The van der Waals surface area contributed by atoms with Crippen LogP contribution in [0.4, 0.5) is 0 Å². The minimum absolute atomic E-state index is 0.330. The van der Waals surface area contributed by atoms with E-state index in [1.807, 2.05) is 44.2 Å². The van der Waals surface area contributed by atoms with Crippen LogP contribution in [0.25, 0.3) is 0 Å². The largest absolute Gasteiger partial charge is 0.486 e. The van der Waals surface area contributed by atoms with Crippen LogP contribution < -0.4 is 4.74 Å². The topological polar surface area (TPSA) is 57.9 Å². The van der Waals surface area contributed by atoms with Crippen molar-refractivity contribution in [1.29, 1.82) is 0 Å². The molecule has 0 aliphatic rings. The van der Waals surface area contributed by atoms with Crippen LogP contribution in [0.2, 0.25) is 0 Å². The molecule has 1 aromatic carbocycles. The number of hydrogen-bond donors (Lipinski definition) is 0. The van der Waals surface area contributed by atoms with Crippen molar-refractivity contribution >= 4 is 21.9 Å². The molecule has 0 amide bonds. The van der Waals surface area contributed by atoms with Gasteiger partial charge in [0.25, 0.3) is 0 Å². The Bertz CT molecular complexity index is 678. The molecule has 0 saturated heterocycles. The number of halogens is 1. The number of ether oxygens (including phenoxy) is 3. The number of furan rings is 1. The maximum atomic E-state index is 11.9. The average molecular weight is 411 g/mol. The average Bonchev–Trinajstić information content (AvgIpc) is 2.91. The van der Waals surface area contributed by atoms with Gasteiger partial charge in [-0.3, -0.25) is 0 Å². The predicted molar refractivity (Wildman–Crippen MR) is 97.7 cm³/mol. The maximum Gasteiger partial charge on any atom is 0.335 e. The van der Waals surface area contributed by atoms with Crippen LogP contribution in [0.15, 0.2) is 39.4 Å². The van der Waals surface area contributed by atoms with Gasteiger partial charge in [-0.25, -0.2) is 4.79 Å². The number of carbonyl (C=O) groups excluding carboxylic acids is 1. The minimum Gasteiger partial charge on any atom is -0.486 e. The highest BCUT2D eigenvalue weighted by molar-refractivity contribution is 9.10. The first-order valence-electron chi connectivity index (χ1n) is 8.28. The second-order valence-corrected chi connectivity index (χ2v) is 6.27. The van der Waals surface area contributed by atoms with E-state index in [1.54, 1.807) is 6.92 Å². The first-order chi connectivity index (χ1) is 12.0. The van der Waals surface area contributed by atoms with Gasteiger partial charge in [-0.15, -0.1) is 0 Å². The number of aryl methyl sites for hydroxylation is 1. The van der Waals surface area contributed by atoms with Crippen molar-refractivity contribution < 1.29 is 23.4 Å². The lowest BCUT2D eigenvalue weighted by atomic mass is 10.1. The predicted octanol–water partition coefficient (Wildman–Crippen LogP) is 4.44. The quantitative estimate of drug-likeness (QED) is 0.571. The van der Waals surface area contributed by atoms with E-state index in [0.29, 0.717) is 30.9 Å². The van der Waals surface area contributed by atoms with Crippen LogP contribution in [0, 0.1) is 6.92 Å². The lowest BCUT2D eigenvalue weighted by Crippen LogP contribution is -2.28. The Balaban J connectivity index is 1.94. The molecular formula is C19H23BrO5. The summed E-state index contributed by atoms with van der Waals surface area (Å²) >= 11 is 3.31. The number of esters is 1. The number of rotatable bonds is 9. The third-order valence-corrected chi connectivity index (χ3v) is 4.01. The van der Waals surface area contributed by atoms with Gasteiger partial charge in [-0.05, 0) is 66.0 Å². The Labute approximate surface area is 156 Å². The van der Waals surface area contributed by atoms with Crippen LogP contribution in [-0.4, -0.2) is 25.3 Å². The summed E-state index contributed by atoms with van der Waals surface area (Å²) in [5.41, 5.74) is 2.02. The lowest BCUT2D eigenvalue weighted by Gasteiger charge is -2.15. The van der Waals surface area contributed by atoms with Crippen molar-refractivity contribution in [2.75, 3.05) is 13.2 Å². The summed E-state index contributed by atoms with van der Waals surface area (Å²) in [4.78, 5) is 11.9. The van der Waals surface area contributed by atoms with Crippen LogP contribution in [0.1, 0.15) is 30.7 Å². The van der Waals surface area contributed by atoms with Crippen molar-refractivity contribution in [3.05, 3.63) is 51.9 Å². The van der Waals surface area contributed by atoms with Gasteiger partial charge < -0.3 is 18.6 Å². The van der Waals surface area contributed by atoms with E-state index in [1.165, 1.54) is 0 Å². The molecule has 0 spiro atoms. The van der Waals surface area contributed by atoms with Crippen LogP contribution >= 0.6 is 15.9 Å². The third-order valence-electron chi connectivity index (χ3n) is 3.62. The molecule has 0 fully saturated rings. The zero-order chi connectivity index (χ0) is 18.2. The zero-order valence-electron chi connectivity index (χ0n) is 14.7. The number of hydrogen-bond acceptors (Lipinski definition) is 5. The summed E-state index contributed by atoms with van der Waals surface area (Å²) in [5, 5.41) is 0. The highest BCUT2D eigenvalue weighted by atomic mass is 79.9. The number of benzene rings is 1. The van der Waals surface area contributed by atoms with E-state index in [2.05, 4.69) is 15.9 Å². The van der Waals surface area contributed by atoms with Gasteiger partial charge in [0.1, 0.15) is 18.1 Å². The second-order valence-electron chi connectivity index (χ2n) is 5.49. The van der Waals surface area contributed by atoms with Crippen molar-refractivity contribution in [3.8, 4) is 5.75 Å². The van der Waals surface area contributed by atoms with Gasteiger partial charge in [0, 0.05) is 13.0 Å². The van der Waals surface area contributed by atoms with E-state index in [9.17, 15) is 4.79 Å². The molecule has 6 heteroatoms. The van der Waals surface area contributed by atoms with Crippen molar-refractivity contribution in [2.45, 2.75) is 39.9 Å². The normalized spacial score (nSPS) is 12.0. The first kappa shape index (κ1) is 19.5. The fraction of sp³-hybridized carbons (Fsp3) is 0.421. The fourth-order valence-corrected chi connectivity index (χ4v) is 2.89. The maximum absolute atomic E-state index is 11.9.